The lowest BCUT2D eigenvalue weighted by atomic mass is 9.63. The fraction of sp³-hybridized carbons (Fsp3) is 0.536. The third-order valence-electron chi connectivity index (χ3n) is 8.68. The summed E-state index contributed by atoms with van der Waals surface area (Å²) in [7, 11) is 0. The van der Waals surface area contributed by atoms with Gasteiger partial charge in [-0.1, -0.05) is 25.5 Å². The number of aliphatic carboxylic acids is 1. The van der Waals surface area contributed by atoms with Crippen LogP contribution in [0, 0.1) is 17.3 Å². The number of rotatable bonds is 5. The van der Waals surface area contributed by atoms with E-state index in [1.165, 1.54) is 17.0 Å². The van der Waals surface area contributed by atoms with E-state index in [1.807, 2.05) is 6.92 Å². The van der Waals surface area contributed by atoms with Gasteiger partial charge in [0.25, 0.3) is 0 Å². The molecule has 2 fully saturated rings. The van der Waals surface area contributed by atoms with Gasteiger partial charge in [-0.15, -0.1) is 0 Å². The Hall–Kier alpha value is -2.76. The molecule has 12 heteroatoms. The highest BCUT2D eigenvalue weighted by Gasteiger charge is 2.54. The molecule has 1 heterocycles. The second kappa shape index (κ2) is 10.6. The molecule has 0 amide bonds. The van der Waals surface area contributed by atoms with Crippen molar-refractivity contribution in [1.82, 2.24) is 4.90 Å². The number of piperidine rings is 1. The SMILES string of the molecule is CC1CCCC1(C(=O)O)[C@H]1CCN(Cc2cc(C(F)(F)F)ccc2C(F)(F)F)[C@@H](c2ccc(C(F)(F)F)cc2)C1. The normalized spacial score (nSPS) is 26.7. The van der Waals surface area contributed by atoms with Gasteiger partial charge in [-0.2, -0.15) is 39.5 Å². The molecular formula is C28H28F9NO2. The molecule has 0 bridgehead atoms. The fourth-order valence-electron chi connectivity index (χ4n) is 6.61. The van der Waals surface area contributed by atoms with Gasteiger partial charge in [0.05, 0.1) is 22.1 Å². The van der Waals surface area contributed by atoms with Gasteiger partial charge in [-0.3, -0.25) is 9.69 Å². The standard InChI is InChI=1S/C28H28F9NO2/c1-16-3-2-11-25(16,24(39)40)20-10-12-38(23(14-20)17-4-6-19(7-5-17)26(29,30)31)15-18-13-21(27(32,33)34)8-9-22(18)28(35,36)37/h4-9,13,16,20,23H,2-3,10-12,14-15H2,1H3,(H,39,40)/t16?,20-,23+,25?/m0/s1. The van der Waals surface area contributed by atoms with Crippen molar-refractivity contribution in [1.29, 1.82) is 0 Å². The van der Waals surface area contributed by atoms with Crippen molar-refractivity contribution in [2.45, 2.75) is 70.1 Å². The minimum Gasteiger partial charge on any atom is -0.481 e. The van der Waals surface area contributed by atoms with Crippen LogP contribution in [0.1, 0.15) is 72.9 Å². The summed E-state index contributed by atoms with van der Waals surface area (Å²) in [5.74, 6) is -1.59. The summed E-state index contributed by atoms with van der Waals surface area (Å²) in [5, 5.41) is 10.2. The Balaban J connectivity index is 1.75. The molecule has 4 atom stereocenters. The average molecular weight is 582 g/mol. The van der Waals surface area contributed by atoms with Gasteiger partial charge >= 0.3 is 24.5 Å². The number of halogens is 9. The largest absolute Gasteiger partial charge is 0.481 e. The number of hydrogen-bond donors (Lipinski definition) is 1. The Morgan fingerprint density at radius 3 is 2.00 bits per heavy atom. The summed E-state index contributed by atoms with van der Waals surface area (Å²) in [5.41, 5.74) is -4.80. The zero-order valence-corrected chi connectivity index (χ0v) is 21.4. The predicted octanol–water partition coefficient (Wildman–Crippen LogP) is 8.59. The summed E-state index contributed by atoms with van der Waals surface area (Å²) in [6.45, 7) is 1.34. The van der Waals surface area contributed by atoms with Gasteiger partial charge in [0.15, 0.2) is 0 Å². The van der Waals surface area contributed by atoms with Crippen LogP contribution in [0.3, 0.4) is 0 Å². The van der Waals surface area contributed by atoms with E-state index in [-0.39, 0.29) is 25.3 Å². The van der Waals surface area contributed by atoms with E-state index in [1.54, 1.807) is 0 Å². The Bertz CT molecular complexity index is 1220. The molecule has 4 rings (SSSR count). The van der Waals surface area contributed by atoms with Gasteiger partial charge < -0.3 is 5.11 Å². The van der Waals surface area contributed by atoms with Crippen molar-refractivity contribution in [2.24, 2.45) is 17.3 Å². The van der Waals surface area contributed by atoms with Gasteiger partial charge in [-0.05, 0) is 85.5 Å². The predicted molar refractivity (Wildman–Crippen MR) is 127 cm³/mol. The topological polar surface area (TPSA) is 40.5 Å². The van der Waals surface area contributed by atoms with E-state index in [0.29, 0.717) is 43.0 Å². The Morgan fingerprint density at radius 1 is 0.900 bits per heavy atom. The first-order chi connectivity index (χ1) is 18.4. The molecule has 2 unspecified atom stereocenters. The fourth-order valence-corrected chi connectivity index (χ4v) is 6.61. The second-order valence-corrected chi connectivity index (χ2v) is 10.8. The van der Waals surface area contributed by atoms with Crippen LogP contribution in [0.5, 0.6) is 0 Å². The number of hydrogen-bond acceptors (Lipinski definition) is 2. The first-order valence-electron chi connectivity index (χ1n) is 12.9. The number of carbonyl (C=O) groups is 1. The maximum absolute atomic E-state index is 13.8. The Morgan fingerprint density at radius 2 is 1.50 bits per heavy atom. The van der Waals surface area contributed by atoms with E-state index in [9.17, 15) is 49.4 Å². The van der Waals surface area contributed by atoms with Crippen LogP contribution in [0.25, 0.3) is 0 Å². The molecule has 1 aliphatic carbocycles. The molecule has 2 aromatic rings. The highest BCUT2D eigenvalue weighted by molar-refractivity contribution is 5.76. The van der Waals surface area contributed by atoms with Crippen LogP contribution in [0.4, 0.5) is 39.5 Å². The van der Waals surface area contributed by atoms with Crippen LogP contribution >= 0.6 is 0 Å². The van der Waals surface area contributed by atoms with Crippen molar-refractivity contribution in [2.75, 3.05) is 6.54 Å². The third-order valence-corrected chi connectivity index (χ3v) is 8.68. The van der Waals surface area contributed by atoms with E-state index in [4.69, 9.17) is 0 Å². The minimum atomic E-state index is -4.94. The zero-order valence-electron chi connectivity index (χ0n) is 21.4. The molecule has 40 heavy (non-hydrogen) atoms. The monoisotopic (exact) mass is 581 g/mol. The molecule has 2 aromatic carbocycles. The Kier molecular flexibility index (Phi) is 7.98. The number of carboxylic acids is 1. The molecule has 0 spiro atoms. The Labute approximate surface area is 225 Å². The van der Waals surface area contributed by atoms with Crippen molar-refractivity contribution in [3.8, 4) is 0 Å². The van der Waals surface area contributed by atoms with E-state index < -0.39 is 70.7 Å². The smallest absolute Gasteiger partial charge is 0.416 e. The van der Waals surface area contributed by atoms with Crippen LogP contribution < -0.4 is 0 Å². The van der Waals surface area contributed by atoms with Crippen molar-refractivity contribution >= 4 is 5.97 Å². The maximum atomic E-state index is 13.8. The van der Waals surface area contributed by atoms with Crippen molar-refractivity contribution in [3.63, 3.8) is 0 Å². The van der Waals surface area contributed by atoms with Crippen LogP contribution in [-0.4, -0.2) is 22.5 Å². The van der Waals surface area contributed by atoms with Crippen LogP contribution in [-0.2, 0) is 29.9 Å². The average Bonchev–Trinajstić information content (AvgIpc) is 3.25. The number of likely N-dealkylation sites (tertiary alicyclic amines) is 1. The molecule has 1 N–H and O–H groups in total. The summed E-state index contributed by atoms with van der Waals surface area (Å²) in [6.07, 6.45) is -12.3. The summed E-state index contributed by atoms with van der Waals surface area (Å²) in [4.78, 5) is 14.0. The molecule has 3 nitrogen and oxygen atoms in total. The lowest BCUT2D eigenvalue weighted by Crippen LogP contribution is -2.47. The molecule has 1 saturated carbocycles. The van der Waals surface area contributed by atoms with E-state index in [2.05, 4.69) is 0 Å². The zero-order chi connectivity index (χ0) is 29.7. The number of nitrogens with zero attached hydrogens (tertiary/aromatic N) is 1. The van der Waals surface area contributed by atoms with Crippen LogP contribution in [0.15, 0.2) is 42.5 Å². The molecule has 1 aliphatic heterocycles. The molecule has 2 aliphatic rings. The van der Waals surface area contributed by atoms with Crippen molar-refractivity contribution in [3.05, 3.63) is 70.3 Å². The summed E-state index contributed by atoms with van der Waals surface area (Å²) < 4.78 is 121. The lowest BCUT2D eigenvalue weighted by Gasteiger charge is -2.47. The van der Waals surface area contributed by atoms with E-state index >= 15 is 0 Å². The minimum absolute atomic E-state index is 0.0612. The highest BCUT2D eigenvalue weighted by Crippen LogP contribution is 2.55. The lowest BCUT2D eigenvalue weighted by molar-refractivity contribution is -0.158. The molecular weight excluding hydrogens is 553 g/mol. The summed E-state index contributed by atoms with van der Waals surface area (Å²) >= 11 is 0. The summed E-state index contributed by atoms with van der Waals surface area (Å²) in [6, 6.07) is 4.48. The first kappa shape index (κ1) is 30.2. The number of alkyl halides is 9. The second-order valence-electron chi connectivity index (χ2n) is 10.8. The van der Waals surface area contributed by atoms with Gasteiger partial charge in [0.2, 0.25) is 0 Å². The molecule has 1 saturated heterocycles. The number of carboxylic acid groups (broad SMARTS) is 1. The third kappa shape index (κ3) is 5.82. The van der Waals surface area contributed by atoms with Crippen LogP contribution in [0.2, 0.25) is 0 Å². The first-order valence-corrected chi connectivity index (χ1v) is 12.9. The van der Waals surface area contributed by atoms with E-state index in [0.717, 1.165) is 12.1 Å². The van der Waals surface area contributed by atoms with Gasteiger partial charge in [-0.25, -0.2) is 0 Å². The quantitative estimate of drug-likeness (QED) is 0.360. The van der Waals surface area contributed by atoms with Crippen molar-refractivity contribution < 1.29 is 49.4 Å². The number of benzene rings is 2. The molecule has 220 valence electrons. The molecule has 0 aromatic heterocycles. The highest BCUT2D eigenvalue weighted by atomic mass is 19.4. The molecule has 0 radical (unpaired) electrons. The van der Waals surface area contributed by atoms with Gasteiger partial charge in [0, 0.05) is 12.6 Å². The maximum Gasteiger partial charge on any atom is 0.416 e. The van der Waals surface area contributed by atoms with Gasteiger partial charge in [0.1, 0.15) is 0 Å².